The van der Waals surface area contributed by atoms with E-state index in [4.69, 9.17) is 5.11 Å². The molecule has 6 heteroatoms. The number of anilines is 1. The van der Waals surface area contributed by atoms with Crippen molar-refractivity contribution in [2.24, 2.45) is 0 Å². The molecular formula is C12H16F3NO2. The van der Waals surface area contributed by atoms with Crippen molar-refractivity contribution >= 4 is 5.69 Å². The van der Waals surface area contributed by atoms with E-state index in [1.165, 1.54) is 12.1 Å². The van der Waals surface area contributed by atoms with Crippen LogP contribution in [0.4, 0.5) is 18.9 Å². The van der Waals surface area contributed by atoms with E-state index in [0.29, 0.717) is 11.3 Å². The SMILES string of the molecule is C[C@H](O)c1ccc(N(CCO)CC(F)(F)F)cc1. The maximum Gasteiger partial charge on any atom is 0.405 e. The van der Waals surface area contributed by atoms with Crippen LogP contribution in [0.2, 0.25) is 0 Å². The Hall–Kier alpha value is -1.27. The van der Waals surface area contributed by atoms with E-state index in [1.54, 1.807) is 19.1 Å². The van der Waals surface area contributed by atoms with Gasteiger partial charge in [-0.25, -0.2) is 0 Å². The highest BCUT2D eigenvalue weighted by Crippen LogP contribution is 2.23. The Balaban J connectivity index is 2.85. The van der Waals surface area contributed by atoms with Gasteiger partial charge >= 0.3 is 6.18 Å². The van der Waals surface area contributed by atoms with Gasteiger partial charge in [-0.05, 0) is 24.6 Å². The quantitative estimate of drug-likeness (QED) is 0.855. The van der Waals surface area contributed by atoms with Crippen LogP contribution in [0.3, 0.4) is 0 Å². The largest absolute Gasteiger partial charge is 0.405 e. The highest BCUT2D eigenvalue weighted by atomic mass is 19.4. The second-order valence-corrected chi connectivity index (χ2v) is 4.03. The van der Waals surface area contributed by atoms with Crippen LogP contribution in [0.5, 0.6) is 0 Å². The molecule has 3 nitrogen and oxygen atoms in total. The number of aliphatic hydroxyl groups excluding tert-OH is 2. The van der Waals surface area contributed by atoms with Crippen LogP contribution in [0.15, 0.2) is 24.3 Å². The molecule has 0 bridgehead atoms. The molecule has 0 fully saturated rings. The number of hydrogen-bond acceptors (Lipinski definition) is 3. The van der Waals surface area contributed by atoms with Gasteiger partial charge in [-0.15, -0.1) is 0 Å². The van der Waals surface area contributed by atoms with E-state index in [9.17, 15) is 18.3 Å². The third kappa shape index (κ3) is 4.54. The van der Waals surface area contributed by atoms with Gasteiger partial charge in [0.25, 0.3) is 0 Å². The number of alkyl halides is 3. The minimum Gasteiger partial charge on any atom is -0.395 e. The average Bonchev–Trinajstić information content (AvgIpc) is 2.27. The van der Waals surface area contributed by atoms with E-state index >= 15 is 0 Å². The molecule has 1 aromatic carbocycles. The third-order valence-electron chi connectivity index (χ3n) is 2.48. The minimum absolute atomic E-state index is 0.0897. The molecule has 0 aliphatic heterocycles. The summed E-state index contributed by atoms with van der Waals surface area (Å²) in [6, 6.07) is 6.15. The normalized spacial score (nSPS) is 13.4. The van der Waals surface area contributed by atoms with Crippen molar-refractivity contribution < 1.29 is 23.4 Å². The monoisotopic (exact) mass is 263 g/mol. The van der Waals surface area contributed by atoms with Crippen molar-refractivity contribution in [2.75, 3.05) is 24.6 Å². The van der Waals surface area contributed by atoms with E-state index in [-0.39, 0.29) is 13.2 Å². The lowest BCUT2D eigenvalue weighted by atomic mass is 10.1. The molecule has 0 spiro atoms. The third-order valence-corrected chi connectivity index (χ3v) is 2.48. The first-order chi connectivity index (χ1) is 8.33. The number of halogens is 3. The molecule has 1 aromatic rings. The zero-order valence-electron chi connectivity index (χ0n) is 9.98. The summed E-state index contributed by atoms with van der Waals surface area (Å²) in [5, 5.41) is 18.1. The topological polar surface area (TPSA) is 43.7 Å². The summed E-state index contributed by atoms with van der Waals surface area (Å²) in [6.07, 6.45) is -4.98. The van der Waals surface area contributed by atoms with Gasteiger partial charge in [0.15, 0.2) is 0 Å². The summed E-state index contributed by atoms with van der Waals surface area (Å²) >= 11 is 0. The van der Waals surface area contributed by atoms with Gasteiger partial charge in [-0.3, -0.25) is 0 Å². The highest BCUT2D eigenvalue weighted by molar-refractivity contribution is 5.48. The Morgan fingerprint density at radius 2 is 1.78 bits per heavy atom. The fourth-order valence-corrected chi connectivity index (χ4v) is 1.60. The fraction of sp³-hybridized carbons (Fsp3) is 0.500. The molecule has 0 amide bonds. The van der Waals surface area contributed by atoms with E-state index in [2.05, 4.69) is 0 Å². The van der Waals surface area contributed by atoms with Crippen LogP contribution in [-0.2, 0) is 0 Å². The summed E-state index contributed by atoms with van der Waals surface area (Å²) in [4.78, 5) is 1.05. The van der Waals surface area contributed by atoms with Gasteiger partial charge in [-0.1, -0.05) is 12.1 Å². The molecule has 0 aromatic heterocycles. The second-order valence-electron chi connectivity index (χ2n) is 4.03. The van der Waals surface area contributed by atoms with Crippen LogP contribution < -0.4 is 4.90 Å². The van der Waals surface area contributed by atoms with Crippen molar-refractivity contribution in [2.45, 2.75) is 19.2 Å². The predicted octanol–water partition coefficient (Wildman–Crippen LogP) is 2.10. The predicted molar refractivity (Wildman–Crippen MR) is 62.4 cm³/mol. The first-order valence-corrected chi connectivity index (χ1v) is 5.54. The molecule has 0 aliphatic rings. The van der Waals surface area contributed by atoms with Gasteiger partial charge in [0.2, 0.25) is 0 Å². The Morgan fingerprint density at radius 1 is 1.22 bits per heavy atom. The molecular weight excluding hydrogens is 247 g/mol. The number of benzene rings is 1. The van der Waals surface area contributed by atoms with Gasteiger partial charge in [0.1, 0.15) is 6.54 Å². The number of nitrogens with zero attached hydrogens (tertiary/aromatic N) is 1. The molecule has 0 aliphatic carbocycles. The Morgan fingerprint density at radius 3 is 2.17 bits per heavy atom. The fourth-order valence-electron chi connectivity index (χ4n) is 1.60. The molecule has 102 valence electrons. The Labute approximate surface area is 103 Å². The van der Waals surface area contributed by atoms with Crippen molar-refractivity contribution in [1.29, 1.82) is 0 Å². The smallest absolute Gasteiger partial charge is 0.395 e. The first-order valence-electron chi connectivity index (χ1n) is 5.54. The van der Waals surface area contributed by atoms with Crippen LogP contribution >= 0.6 is 0 Å². The maximum absolute atomic E-state index is 12.4. The average molecular weight is 263 g/mol. The number of rotatable bonds is 5. The summed E-state index contributed by atoms with van der Waals surface area (Å²) in [5.41, 5.74) is 1.00. The molecule has 0 saturated carbocycles. The number of hydrogen-bond donors (Lipinski definition) is 2. The summed E-state index contributed by atoms with van der Waals surface area (Å²) < 4.78 is 37.1. The highest BCUT2D eigenvalue weighted by Gasteiger charge is 2.30. The van der Waals surface area contributed by atoms with E-state index < -0.39 is 18.8 Å². The van der Waals surface area contributed by atoms with Crippen LogP contribution in [0, 0.1) is 0 Å². The first kappa shape index (κ1) is 14.8. The lowest BCUT2D eigenvalue weighted by molar-refractivity contribution is -0.119. The molecule has 18 heavy (non-hydrogen) atoms. The van der Waals surface area contributed by atoms with Crippen molar-refractivity contribution in [3.63, 3.8) is 0 Å². The minimum atomic E-state index is -4.32. The van der Waals surface area contributed by atoms with Gasteiger partial charge in [-0.2, -0.15) is 13.2 Å². The molecule has 1 rings (SSSR count). The van der Waals surface area contributed by atoms with Gasteiger partial charge < -0.3 is 15.1 Å². The van der Waals surface area contributed by atoms with Crippen LogP contribution in [0.25, 0.3) is 0 Å². The summed E-state index contributed by atoms with van der Waals surface area (Å²) in [7, 11) is 0. The van der Waals surface area contributed by atoms with Gasteiger partial charge in [0, 0.05) is 12.2 Å². The zero-order valence-corrected chi connectivity index (χ0v) is 9.98. The van der Waals surface area contributed by atoms with Crippen molar-refractivity contribution in [3.05, 3.63) is 29.8 Å². The molecule has 0 saturated heterocycles. The lowest BCUT2D eigenvalue weighted by Gasteiger charge is -2.25. The molecule has 2 N–H and O–H groups in total. The molecule has 1 atom stereocenters. The van der Waals surface area contributed by atoms with E-state index in [1.807, 2.05) is 0 Å². The van der Waals surface area contributed by atoms with Gasteiger partial charge in [0.05, 0.1) is 12.7 Å². The molecule has 0 heterocycles. The lowest BCUT2D eigenvalue weighted by Crippen LogP contribution is -2.36. The summed E-state index contributed by atoms with van der Waals surface area (Å²) in [6.45, 7) is 0.0273. The number of aliphatic hydroxyl groups is 2. The zero-order chi connectivity index (χ0) is 13.8. The summed E-state index contributed by atoms with van der Waals surface area (Å²) in [5.74, 6) is 0. The van der Waals surface area contributed by atoms with Crippen molar-refractivity contribution in [3.8, 4) is 0 Å². The maximum atomic E-state index is 12.4. The standard InChI is InChI=1S/C12H16F3NO2/c1-9(18)10-2-4-11(5-3-10)16(6-7-17)8-12(13,14)15/h2-5,9,17-18H,6-8H2,1H3/t9-/m0/s1. The Bertz CT molecular complexity index is 363. The second kappa shape index (κ2) is 6.06. The van der Waals surface area contributed by atoms with Crippen LogP contribution in [0.1, 0.15) is 18.6 Å². The van der Waals surface area contributed by atoms with Crippen molar-refractivity contribution in [1.82, 2.24) is 0 Å². The molecule has 0 unspecified atom stereocenters. The van der Waals surface area contributed by atoms with Crippen LogP contribution in [-0.4, -0.2) is 36.1 Å². The Kier molecular flexibility index (Phi) is 4.98. The molecule has 0 radical (unpaired) electrons. The van der Waals surface area contributed by atoms with E-state index in [0.717, 1.165) is 4.90 Å².